The van der Waals surface area contributed by atoms with Crippen molar-refractivity contribution in [3.05, 3.63) is 154 Å². The van der Waals surface area contributed by atoms with E-state index in [1.807, 2.05) is 60.7 Å². The molecule has 53 heavy (non-hydrogen) atoms. The molecule has 0 spiro atoms. The Morgan fingerprint density at radius 1 is 0.604 bits per heavy atom. The number of hydrogen-bond donors (Lipinski definition) is 3. The number of benzene rings is 4. The number of nitrogens with two attached hydrogens (primary N) is 1. The van der Waals surface area contributed by atoms with E-state index in [0.717, 1.165) is 54.0 Å². The van der Waals surface area contributed by atoms with Gasteiger partial charge in [-0.05, 0) is 58.7 Å². The molecule has 0 atom stereocenters. The van der Waals surface area contributed by atoms with Crippen LogP contribution in [0.1, 0.15) is 19.3 Å². The largest absolute Gasteiger partial charge is 0.465 e. The van der Waals surface area contributed by atoms with Crippen LogP contribution in [0.25, 0.3) is 42.4 Å². The number of halogens is 2. The smallest absolute Gasteiger partial charge is 0.348 e. The fourth-order valence-electron chi connectivity index (χ4n) is 5.57. The summed E-state index contributed by atoms with van der Waals surface area (Å²) in [4.78, 5) is 32.7. The van der Waals surface area contributed by atoms with E-state index in [-0.39, 0.29) is 5.97 Å². The summed E-state index contributed by atoms with van der Waals surface area (Å²) in [6.07, 6.45) is 3.33. The van der Waals surface area contributed by atoms with Gasteiger partial charge in [-0.25, -0.2) is 14.8 Å². The van der Waals surface area contributed by atoms with Crippen molar-refractivity contribution >= 4 is 101 Å². The number of nitrogens with one attached hydrogen (secondary N) is 2. The van der Waals surface area contributed by atoms with E-state index in [1.165, 1.54) is 40.9 Å². The first kappa shape index (κ1) is 35.6. The van der Waals surface area contributed by atoms with E-state index in [9.17, 15) is 9.59 Å². The Bertz CT molecular complexity index is 2560. The van der Waals surface area contributed by atoms with E-state index in [4.69, 9.17) is 33.7 Å². The Labute approximate surface area is 322 Å². The number of primary amides is 1. The Morgan fingerprint density at radius 3 is 1.42 bits per heavy atom. The molecule has 8 aromatic rings. The number of pyridine rings is 2. The number of ether oxygens (including phenoxy) is 1. The number of fused-ring (bicyclic) bond motifs is 2. The summed E-state index contributed by atoms with van der Waals surface area (Å²) in [6, 6.07) is 40.2. The number of methoxy groups -OCH3 is 1. The first-order chi connectivity index (χ1) is 25.8. The lowest BCUT2D eigenvalue weighted by molar-refractivity contribution is 0.0606. The average molecular weight is 775 g/mol. The summed E-state index contributed by atoms with van der Waals surface area (Å²) >= 11 is 14.9. The van der Waals surface area contributed by atoms with E-state index in [2.05, 4.69) is 69.1 Å². The van der Waals surface area contributed by atoms with E-state index < -0.39 is 5.91 Å². The molecule has 8 nitrogen and oxygen atoms in total. The number of aromatic nitrogens is 2. The standard InChI is InChI=1S/C21H15ClN2O2S.C20H14ClN3OS/c1-26-21(25)18-11-16-17(12-23-20(22)19(16)27-18)24-15-9-7-14(8-10-15)13-5-3-2-4-6-13;21-19-18-15(10-17(26-18)20(22)25)16(11-23-19)24-14-8-6-13(7-9-14)12-4-2-1-3-5-12/h2-12,24H,1H3;1-11,24H,(H2,22,25). The van der Waals surface area contributed by atoms with Crippen LogP contribution in [0.3, 0.4) is 0 Å². The summed E-state index contributed by atoms with van der Waals surface area (Å²) in [5.41, 5.74) is 13.4. The second-order valence-electron chi connectivity index (χ2n) is 11.6. The highest BCUT2D eigenvalue weighted by atomic mass is 35.5. The Morgan fingerprint density at radius 2 is 1.00 bits per heavy atom. The summed E-state index contributed by atoms with van der Waals surface area (Å²) in [6.45, 7) is 0. The molecule has 4 N–H and O–H groups in total. The number of anilines is 4. The average Bonchev–Trinajstić information content (AvgIpc) is 3.87. The minimum Gasteiger partial charge on any atom is -0.465 e. The number of carbonyl (C=O) groups is 2. The Kier molecular flexibility index (Phi) is 10.7. The zero-order valence-electron chi connectivity index (χ0n) is 28.0. The molecule has 4 aromatic carbocycles. The number of carbonyl (C=O) groups excluding carboxylic acids is 2. The van der Waals surface area contributed by atoms with Gasteiger partial charge in [-0.2, -0.15) is 0 Å². The number of amides is 1. The summed E-state index contributed by atoms with van der Waals surface area (Å²) in [5.74, 6) is -0.856. The summed E-state index contributed by atoms with van der Waals surface area (Å²) in [5, 5.41) is 9.10. The van der Waals surface area contributed by atoms with Crippen molar-refractivity contribution < 1.29 is 14.3 Å². The molecule has 0 bridgehead atoms. The maximum absolute atomic E-state index is 11.8. The minimum absolute atomic E-state index is 0.363. The van der Waals surface area contributed by atoms with Gasteiger partial charge in [0, 0.05) is 22.1 Å². The fourth-order valence-corrected chi connectivity index (χ4v) is 8.00. The number of esters is 1. The van der Waals surface area contributed by atoms with Gasteiger partial charge in [0.15, 0.2) is 0 Å². The molecule has 0 aliphatic rings. The quantitative estimate of drug-likeness (QED) is 0.104. The van der Waals surface area contributed by atoms with Gasteiger partial charge in [-0.3, -0.25) is 4.79 Å². The molecular formula is C41H29Cl2N5O3S2. The van der Waals surface area contributed by atoms with Crippen LogP contribution in [0.2, 0.25) is 10.3 Å². The molecule has 0 saturated heterocycles. The molecule has 12 heteroatoms. The molecule has 4 aromatic heterocycles. The molecule has 0 saturated carbocycles. The second-order valence-corrected chi connectivity index (χ2v) is 14.4. The maximum Gasteiger partial charge on any atom is 0.348 e. The van der Waals surface area contributed by atoms with Gasteiger partial charge in [0.1, 0.15) is 15.2 Å². The van der Waals surface area contributed by atoms with Crippen LogP contribution in [0.15, 0.2) is 134 Å². The summed E-state index contributed by atoms with van der Waals surface area (Å²) < 4.78 is 6.30. The van der Waals surface area contributed by atoms with Crippen LogP contribution in [0.4, 0.5) is 22.7 Å². The van der Waals surface area contributed by atoms with Crippen molar-refractivity contribution in [1.82, 2.24) is 9.97 Å². The molecule has 0 aliphatic carbocycles. The van der Waals surface area contributed by atoms with Crippen molar-refractivity contribution in [2.75, 3.05) is 17.7 Å². The number of nitrogens with zero attached hydrogens (tertiary/aromatic N) is 2. The third-order valence-electron chi connectivity index (χ3n) is 8.20. The molecule has 0 fully saturated rings. The fraction of sp³-hybridized carbons (Fsp3) is 0.0244. The predicted molar refractivity (Wildman–Crippen MR) is 219 cm³/mol. The highest BCUT2D eigenvalue weighted by Gasteiger charge is 2.17. The van der Waals surface area contributed by atoms with Crippen LogP contribution < -0.4 is 16.4 Å². The van der Waals surface area contributed by atoms with Gasteiger partial charge < -0.3 is 21.1 Å². The third kappa shape index (κ3) is 8.01. The molecular weight excluding hydrogens is 746 g/mol. The Hall–Kier alpha value is -5.78. The van der Waals surface area contributed by atoms with Crippen LogP contribution in [0, 0.1) is 0 Å². The van der Waals surface area contributed by atoms with Crippen molar-refractivity contribution in [1.29, 1.82) is 0 Å². The highest BCUT2D eigenvalue weighted by Crippen LogP contribution is 2.38. The van der Waals surface area contributed by atoms with Crippen LogP contribution in [0.5, 0.6) is 0 Å². The second kappa shape index (κ2) is 15.9. The van der Waals surface area contributed by atoms with Gasteiger partial charge in [0.25, 0.3) is 5.91 Å². The molecule has 262 valence electrons. The van der Waals surface area contributed by atoms with Crippen LogP contribution in [-0.4, -0.2) is 29.0 Å². The van der Waals surface area contributed by atoms with Gasteiger partial charge in [-0.1, -0.05) is 108 Å². The first-order valence-electron chi connectivity index (χ1n) is 16.2. The van der Waals surface area contributed by atoms with Crippen LogP contribution >= 0.6 is 45.9 Å². The monoisotopic (exact) mass is 773 g/mol. The number of hydrogen-bond acceptors (Lipinski definition) is 9. The maximum atomic E-state index is 11.8. The topological polar surface area (TPSA) is 119 Å². The van der Waals surface area contributed by atoms with Crippen molar-refractivity contribution in [3.63, 3.8) is 0 Å². The van der Waals surface area contributed by atoms with Gasteiger partial charge >= 0.3 is 5.97 Å². The minimum atomic E-state index is -0.472. The molecule has 0 unspecified atom stereocenters. The van der Waals surface area contributed by atoms with Gasteiger partial charge in [0.2, 0.25) is 0 Å². The first-order valence-corrected chi connectivity index (χ1v) is 18.6. The lowest BCUT2D eigenvalue weighted by atomic mass is 10.1. The summed E-state index contributed by atoms with van der Waals surface area (Å²) in [7, 11) is 1.36. The number of thiophene rings is 2. The Balaban J connectivity index is 0.000000164. The molecule has 0 radical (unpaired) electrons. The van der Waals surface area contributed by atoms with Gasteiger partial charge in [0.05, 0.1) is 45.2 Å². The molecule has 8 rings (SSSR count). The lowest BCUT2D eigenvalue weighted by Crippen LogP contribution is -2.08. The predicted octanol–water partition coefficient (Wildman–Crippen LogP) is 11.6. The van der Waals surface area contributed by atoms with E-state index in [1.54, 1.807) is 24.5 Å². The highest BCUT2D eigenvalue weighted by molar-refractivity contribution is 7.21. The molecule has 0 aliphatic heterocycles. The third-order valence-corrected chi connectivity index (χ3v) is 11.3. The van der Waals surface area contributed by atoms with Crippen molar-refractivity contribution in [2.24, 2.45) is 5.73 Å². The molecule has 1 amide bonds. The normalized spacial score (nSPS) is 10.8. The molecule has 4 heterocycles. The van der Waals surface area contributed by atoms with E-state index in [0.29, 0.717) is 20.1 Å². The van der Waals surface area contributed by atoms with E-state index >= 15 is 0 Å². The van der Waals surface area contributed by atoms with Crippen molar-refractivity contribution in [2.45, 2.75) is 0 Å². The van der Waals surface area contributed by atoms with Crippen molar-refractivity contribution in [3.8, 4) is 22.3 Å². The lowest BCUT2D eigenvalue weighted by Gasteiger charge is -2.09. The zero-order valence-corrected chi connectivity index (χ0v) is 31.1. The number of rotatable bonds is 8. The van der Waals surface area contributed by atoms with Gasteiger partial charge in [-0.15, -0.1) is 22.7 Å². The SMILES string of the molecule is COC(=O)c1cc2c(Nc3ccc(-c4ccccc4)cc3)cnc(Cl)c2s1.NC(=O)c1cc2c(Nc3ccc(-c4ccccc4)cc3)cnc(Cl)c2s1. The van der Waals surface area contributed by atoms with Crippen LogP contribution in [-0.2, 0) is 4.74 Å². The zero-order chi connectivity index (χ0) is 36.9.